The summed E-state index contributed by atoms with van der Waals surface area (Å²) in [6.07, 6.45) is 0. The third-order valence-corrected chi connectivity index (χ3v) is 3.32. The summed E-state index contributed by atoms with van der Waals surface area (Å²) in [6, 6.07) is -0.431. The maximum absolute atomic E-state index is 11.5. The van der Waals surface area contributed by atoms with E-state index in [0.717, 1.165) is 0 Å². The highest BCUT2D eigenvalue weighted by Gasteiger charge is 2.42. The lowest BCUT2D eigenvalue weighted by Gasteiger charge is -2.46. The summed E-state index contributed by atoms with van der Waals surface area (Å²) in [5.41, 5.74) is -0.671. The van der Waals surface area contributed by atoms with Crippen LogP contribution < -0.4 is 10.5 Å². The number of amides is 2. The zero-order valence-electron chi connectivity index (χ0n) is 10.5. The molecule has 0 radical (unpaired) electrons. The van der Waals surface area contributed by atoms with E-state index in [-0.39, 0.29) is 25.4 Å². The minimum atomic E-state index is -3.60. The Labute approximate surface area is 110 Å². The lowest BCUT2D eigenvalue weighted by Crippen LogP contribution is -2.65. The molecule has 4 N–H and O–H groups in total. The number of nitrogens with two attached hydrogens (primary N) is 1. The van der Waals surface area contributed by atoms with E-state index in [4.69, 9.17) is 15.0 Å². The maximum Gasteiger partial charge on any atom is 0.329 e. The smallest absolute Gasteiger partial charge is 0.329 e. The van der Waals surface area contributed by atoms with Crippen LogP contribution in [0.5, 0.6) is 0 Å². The molecule has 0 bridgehead atoms. The summed E-state index contributed by atoms with van der Waals surface area (Å²) in [5.74, 6) is -1.41. The number of nitrogens with zero attached hydrogens (tertiary/aromatic N) is 1. The van der Waals surface area contributed by atoms with Crippen molar-refractivity contribution in [3.05, 3.63) is 0 Å². The number of rotatable bonds is 6. The SMILES string of the molecule is CC1(OCC(=O)O)CN(C(=O)NCCS(N)(=O)=O)C1. The van der Waals surface area contributed by atoms with Crippen molar-refractivity contribution in [2.75, 3.05) is 32.0 Å². The van der Waals surface area contributed by atoms with Crippen molar-refractivity contribution in [1.82, 2.24) is 10.2 Å². The third-order valence-electron chi connectivity index (χ3n) is 2.54. The number of sulfonamides is 1. The molecule has 0 atom stereocenters. The Kier molecular flexibility index (Phi) is 4.71. The summed E-state index contributed by atoms with van der Waals surface area (Å²) >= 11 is 0. The van der Waals surface area contributed by atoms with Gasteiger partial charge in [0.1, 0.15) is 12.2 Å². The minimum absolute atomic E-state index is 0.0686. The van der Waals surface area contributed by atoms with Crippen LogP contribution in [0.15, 0.2) is 0 Å². The molecule has 9 nitrogen and oxygen atoms in total. The first-order valence-corrected chi connectivity index (χ1v) is 7.22. The second-order valence-corrected chi connectivity index (χ2v) is 6.32. The largest absolute Gasteiger partial charge is 0.480 e. The molecule has 2 amide bonds. The predicted octanol–water partition coefficient (Wildman–Crippen LogP) is -1.84. The first-order chi connectivity index (χ1) is 8.61. The van der Waals surface area contributed by atoms with E-state index in [1.165, 1.54) is 4.90 Å². The lowest BCUT2D eigenvalue weighted by molar-refractivity contribution is -0.159. The van der Waals surface area contributed by atoms with Crippen molar-refractivity contribution in [2.45, 2.75) is 12.5 Å². The van der Waals surface area contributed by atoms with Crippen molar-refractivity contribution in [3.8, 4) is 0 Å². The van der Waals surface area contributed by atoms with Crippen LogP contribution in [0.25, 0.3) is 0 Å². The van der Waals surface area contributed by atoms with Gasteiger partial charge in [0.05, 0.1) is 18.8 Å². The van der Waals surface area contributed by atoms with Crippen LogP contribution in [0, 0.1) is 0 Å². The van der Waals surface area contributed by atoms with Crippen LogP contribution in [0.3, 0.4) is 0 Å². The molecule has 0 aromatic heterocycles. The number of carbonyl (C=O) groups is 2. The van der Waals surface area contributed by atoms with Gasteiger partial charge in [0.15, 0.2) is 0 Å². The van der Waals surface area contributed by atoms with E-state index in [1.54, 1.807) is 6.92 Å². The molecule has 19 heavy (non-hydrogen) atoms. The van der Waals surface area contributed by atoms with Gasteiger partial charge in [0.25, 0.3) is 0 Å². The van der Waals surface area contributed by atoms with Gasteiger partial charge in [-0.25, -0.2) is 23.1 Å². The number of primary sulfonamides is 1. The standard InChI is InChI=1S/C9H17N3O6S/c1-9(18-4-7(13)14)5-12(6-9)8(15)11-2-3-19(10,16)17/h2-6H2,1H3,(H,11,15)(H,13,14)(H2,10,16,17). The van der Waals surface area contributed by atoms with Gasteiger partial charge in [0.2, 0.25) is 10.0 Å². The van der Waals surface area contributed by atoms with Crippen molar-refractivity contribution in [1.29, 1.82) is 0 Å². The van der Waals surface area contributed by atoms with Crippen LogP contribution in [-0.2, 0) is 19.6 Å². The van der Waals surface area contributed by atoms with E-state index < -0.39 is 34.2 Å². The number of aliphatic carboxylic acids is 1. The number of ether oxygens (including phenoxy) is 1. The number of likely N-dealkylation sites (tertiary alicyclic amines) is 1. The van der Waals surface area contributed by atoms with E-state index >= 15 is 0 Å². The fourth-order valence-electron chi connectivity index (χ4n) is 1.64. The Morgan fingerprint density at radius 1 is 1.47 bits per heavy atom. The van der Waals surface area contributed by atoms with Crippen LogP contribution in [0.4, 0.5) is 4.79 Å². The van der Waals surface area contributed by atoms with Gasteiger partial charge in [-0.15, -0.1) is 0 Å². The Morgan fingerprint density at radius 2 is 2.05 bits per heavy atom. The number of urea groups is 1. The Bertz CT molecular complexity index is 457. The zero-order chi connectivity index (χ0) is 14.7. The fourth-order valence-corrected chi connectivity index (χ4v) is 2.03. The highest BCUT2D eigenvalue weighted by atomic mass is 32.2. The van der Waals surface area contributed by atoms with Gasteiger partial charge >= 0.3 is 12.0 Å². The van der Waals surface area contributed by atoms with Crippen LogP contribution in [-0.4, -0.2) is 68.0 Å². The molecule has 1 saturated heterocycles. The number of carbonyl (C=O) groups excluding carboxylic acids is 1. The number of hydrogen-bond acceptors (Lipinski definition) is 5. The molecule has 1 fully saturated rings. The first-order valence-electron chi connectivity index (χ1n) is 5.50. The summed E-state index contributed by atoms with van der Waals surface area (Å²) in [6.45, 7) is 1.71. The van der Waals surface area contributed by atoms with E-state index in [2.05, 4.69) is 5.32 Å². The maximum atomic E-state index is 11.5. The Balaban J connectivity index is 2.26. The van der Waals surface area contributed by atoms with E-state index in [9.17, 15) is 18.0 Å². The highest BCUT2D eigenvalue weighted by molar-refractivity contribution is 7.89. The average molecular weight is 295 g/mol. The van der Waals surface area contributed by atoms with Crippen molar-refractivity contribution in [2.24, 2.45) is 5.14 Å². The van der Waals surface area contributed by atoms with Crippen molar-refractivity contribution in [3.63, 3.8) is 0 Å². The third kappa shape index (κ3) is 5.41. The fraction of sp³-hybridized carbons (Fsp3) is 0.778. The summed E-state index contributed by atoms with van der Waals surface area (Å²) in [5, 5.41) is 15.7. The molecule has 1 heterocycles. The number of carboxylic acids is 1. The molecular formula is C9H17N3O6S. The van der Waals surface area contributed by atoms with Gasteiger partial charge in [-0.2, -0.15) is 0 Å². The van der Waals surface area contributed by atoms with Gasteiger partial charge in [0, 0.05) is 6.54 Å². The zero-order valence-corrected chi connectivity index (χ0v) is 11.3. The summed E-state index contributed by atoms with van der Waals surface area (Å²) in [4.78, 5) is 23.3. The van der Waals surface area contributed by atoms with Gasteiger partial charge in [-0.1, -0.05) is 0 Å². The van der Waals surface area contributed by atoms with Gasteiger partial charge in [-0.05, 0) is 6.92 Å². The molecule has 0 saturated carbocycles. The summed E-state index contributed by atoms with van der Waals surface area (Å²) < 4.78 is 26.4. The molecule has 0 aliphatic carbocycles. The van der Waals surface area contributed by atoms with Gasteiger partial charge in [-0.3, -0.25) is 0 Å². The molecular weight excluding hydrogens is 278 g/mol. The van der Waals surface area contributed by atoms with Crippen LogP contribution >= 0.6 is 0 Å². The number of hydrogen-bond donors (Lipinski definition) is 3. The predicted molar refractivity (Wildman–Crippen MR) is 64.9 cm³/mol. The molecule has 1 rings (SSSR count). The number of nitrogens with one attached hydrogen (secondary N) is 1. The van der Waals surface area contributed by atoms with Gasteiger partial charge < -0.3 is 20.1 Å². The molecule has 1 aliphatic rings. The topological polar surface area (TPSA) is 139 Å². The average Bonchev–Trinajstić information content (AvgIpc) is 2.20. The second-order valence-electron chi connectivity index (χ2n) is 4.59. The Morgan fingerprint density at radius 3 is 2.53 bits per heavy atom. The molecule has 10 heteroatoms. The summed E-state index contributed by atoms with van der Waals surface area (Å²) in [7, 11) is -3.60. The molecule has 0 aromatic carbocycles. The molecule has 0 aromatic rings. The molecule has 0 unspecified atom stereocenters. The number of carboxylic acid groups (broad SMARTS) is 1. The van der Waals surface area contributed by atoms with Crippen LogP contribution in [0.1, 0.15) is 6.92 Å². The quantitative estimate of drug-likeness (QED) is 0.526. The van der Waals surface area contributed by atoms with Crippen molar-refractivity contribution < 1.29 is 27.9 Å². The first kappa shape index (κ1) is 15.7. The minimum Gasteiger partial charge on any atom is -0.480 e. The monoisotopic (exact) mass is 295 g/mol. The molecule has 1 aliphatic heterocycles. The van der Waals surface area contributed by atoms with E-state index in [1.807, 2.05) is 0 Å². The molecule has 0 spiro atoms. The second kappa shape index (κ2) is 5.72. The Hall–Kier alpha value is -1.39. The lowest BCUT2D eigenvalue weighted by atomic mass is 9.97. The molecule has 110 valence electrons. The normalized spacial score (nSPS) is 17.7. The van der Waals surface area contributed by atoms with Crippen LogP contribution in [0.2, 0.25) is 0 Å². The van der Waals surface area contributed by atoms with Crippen molar-refractivity contribution >= 4 is 22.0 Å². The van der Waals surface area contributed by atoms with E-state index in [0.29, 0.717) is 0 Å². The highest BCUT2D eigenvalue weighted by Crippen LogP contribution is 2.24.